The first kappa shape index (κ1) is 15.8. The molecule has 0 fully saturated rings. The number of benzene rings is 2. The number of carbonyl (C=O) groups is 2. The van der Waals surface area contributed by atoms with Gasteiger partial charge in [0.25, 0.3) is 5.91 Å². The Bertz CT molecular complexity index is 680. The van der Waals surface area contributed by atoms with E-state index in [1.807, 2.05) is 31.2 Å². The van der Waals surface area contributed by atoms with Crippen molar-refractivity contribution in [3.05, 3.63) is 59.7 Å². The molecule has 2 N–H and O–H groups in total. The van der Waals surface area contributed by atoms with Gasteiger partial charge in [-0.25, -0.2) is 0 Å². The molecule has 0 aliphatic rings. The number of hydrogen-bond acceptors (Lipinski definition) is 2. The summed E-state index contributed by atoms with van der Waals surface area (Å²) in [4.78, 5) is 23.8. The molecule has 0 aliphatic carbocycles. The number of carbonyl (C=O) groups excluding carboxylic acids is 2. The van der Waals surface area contributed by atoms with E-state index in [4.69, 9.17) is 0 Å². The summed E-state index contributed by atoms with van der Waals surface area (Å²) in [6, 6.07) is 14.7. The normalized spacial score (nSPS) is 10.1. The van der Waals surface area contributed by atoms with Gasteiger partial charge in [0.1, 0.15) is 0 Å². The number of anilines is 2. The van der Waals surface area contributed by atoms with Gasteiger partial charge in [-0.05, 0) is 36.2 Å². The molecule has 22 heavy (non-hydrogen) atoms. The van der Waals surface area contributed by atoms with Crippen LogP contribution < -0.4 is 10.6 Å². The Hall–Kier alpha value is -2.62. The van der Waals surface area contributed by atoms with E-state index in [2.05, 4.69) is 10.6 Å². The minimum Gasteiger partial charge on any atom is -0.326 e. The molecule has 0 aliphatic heterocycles. The molecule has 0 saturated carbocycles. The first-order valence-corrected chi connectivity index (χ1v) is 7.43. The number of rotatable bonds is 5. The highest BCUT2D eigenvalue weighted by Gasteiger charge is 2.09. The minimum absolute atomic E-state index is 0.0751. The van der Waals surface area contributed by atoms with E-state index in [-0.39, 0.29) is 11.8 Å². The van der Waals surface area contributed by atoms with Crippen LogP contribution in [-0.2, 0) is 11.2 Å². The molecule has 2 rings (SSSR count). The van der Waals surface area contributed by atoms with Gasteiger partial charge in [-0.3, -0.25) is 9.59 Å². The molecule has 0 spiro atoms. The van der Waals surface area contributed by atoms with E-state index in [1.54, 1.807) is 31.2 Å². The molecule has 2 aromatic carbocycles. The maximum Gasteiger partial charge on any atom is 0.255 e. The van der Waals surface area contributed by atoms with Crippen LogP contribution in [0, 0.1) is 0 Å². The van der Waals surface area contributed by atoms with Gasteiger partial charge in [0.05, 0.1) is 0 Å². The largest absolute Gasteiger partial charge is 0.326 e. The number of aryl methyl sites for hydroxylation is 1. The Morgan fingerprint density at radius 3 is 2.45 bits per heavy atom. The molecular formula is C18H20N2O2. The van der Waals surface area contributed by atoms with Crippen LogP contribution in [0.1, 0.15) is 36.2 Å². The summed E-state index contributed by atoms with van der Waals surface area (Å²) in [5, 5.41) is 5.67. The van der Waals surface area contributed by atoms with E-state index in [0.29, 0.717) is 17.7 Å². The predicted molar refractivity (Wildman–Crippen MR) is 89.1 cm³/mol. The third-order valence-electron chi connectivity index (χ3n) is 3.38. The summed E-state index contributed by atoms with van der Waals surface area (Å²) < 4.78 is 0. The first-order valence-electron chi connectivity index (χ1n) is 7.43. The van der Waals surface area contributed by atoms with Crippen molar-refractivity contribution in [2.75, 3.05) is 10.6 Å². The smallest absolute Gasteiger partial charge is 0.255 e. The fourth-order valence-electron chi connectivity index (χ4n) is 2.13. The average molecular weight is 296 g/mol. The number of nitrogens with one attached hydrogen (secondary N) is 2. The molecule has 0 atom stereocenters. The molecule has 2 amide bonds. The highest BCUT2D eigenvalue weighted by Crippen LogP contribution is 2.18. The lowest BCUT2D eigenvalue weighted by Gasteiger charge is -2.10. The molecule has 2 aromatic rings. The highest BCUT2D eigenvalue weighted by molar-refractivity contribution is 6.05. The lowest BCUT2D eigenvalue weighted by atomic mass is 10.1. The van der Waals surface area contributed by atoms with Gasteiger partial charge in [-0.2, -0.15) is 0 Å². The van der Waals surface area contributed by atoms with Gasteiger partial charge < -0.3 is 10.6 Å². The third kappa shape index (κ3) is 3.95. The summed E-state index contributed by atoms with van der Waals surface area (Å²) in [6.45, 7) is 3.83. The van der Waals surface area contributed by atoms with Crippen LogP contribution in [0.15, 0.2) is 48.5 Å². The summed E-state index contributed by atoms with van der Waals surface area (Å²) in [7, 11) is 0. The fraction of sp³-hybridized carbons (Fsp3) is 0.222. The Morgan fingerprint density at radius 2 is 1.73 bits per heavy atom. The van der Waals surface area contributed by atoms with E-state index >= 15 is 0 Å². The zero-order valence-corrected chi connectivity index (χ0v) is 12.8. The van der Waals surface area contributed by atoms with Gasteiger partial charge in [-0.1, -0.05) is 38.1 Å². The summed E-state index contributed by atoms with van der Waals surface area (Å²) in [5.41, 5.74) is 3.05. The van der Waals surface area contributed by atoms with Crippen LogP contribution >= 0.6 is 0 Å². The highest BCUT2D eigenvalue weighted by atomic mass is 16.2. The molecular weight excluding hydrogens is 276 g/mol. The van der Waals surface area contributed by atoms with Crippen LogP contribution in [0.4, 0.5) is 11.4 Å². The summed E-state index contributed by atoms with van der Waals surface area (Å²) in [5.74, 6) is -0.262. The topological polar surface area (TPSA) is 58.2 Å². The van der Waals surface area contributed by atoms with Crippen molar-refractivity contribution in [3.63, 3.8) is 0 Å². The van der Waals surface area contributed by atoms with Crippen molar-refractivity contribution in [2.24, 2.45) is 0 Å². The number of para-hydroxylation sites is 1. The van der Waals surface area contributed by atoms with Crippen LogP contribution in [0.25, 0.3) is 0 Å². The Labute approximate surface area is 130 Å². The molecule has 0 radical (unpaired) electrons. The standard InChI is InChI=1S/C18H20N2O2/c1-3-13-8-5-6-11-16(13)20-18(22)14-9-7-10-15(12-14)19-17(21)4-2/h5-12H,3-4H2,1-2H3,(H,19,21)(H,20,22). The number of hydrogen-bond donors (Lipinski definition) is 2. The van der Waals surface area contributed by atoms with Crippen molar-refractivity contribution in [1.82, 2.24) is 0 Å². The Kier molecular flexibility index (Phi) is 5.31. The van der Waals surface area contributed by atoms with Crippen LogP contribution in [0.5, 0.6) is 0 Å². The molecule has 0 unspecified atom stereocenters. The molecule has 0 heterocycles. The zero-order valence-electron chi connectivity index (χ0n) is 12.8. The van der Waals surface area contributed by atoms with Crippen LogP contribution in [0.2, 0.25) is 0 Å². The zero-order chi connectivity index (χ0) is 15.9. The summed E-state index contributed by atoms with van der Waals surface area (Å²) >= 11 is 0. The second kappa shape index (κ2) is 7.41. The molecule has 4 nitrogen and oxygen atoms in total. The van der Waals surface area contributed by atoms with Gasteiger partial charge >= 0.3 is 0 Å². The molecule has 4 heteroatoms. The Balaban J connectivity index is 2.16. The van der Waals surface area contributed by atoms with Crippen molar-refractivity contribution >= 4 is 23.2 Å². The van der Waals surface area contributed by atoms with Crippen molar-refractivity contribution in [1.29, 1.82) is 0 Å². The van der Waals surface area contributed by atoms with Crippen molar-refractivity contribution < 1.29 is 9.59 Å². The second-order valence-electron chi connectivity index (χ2n) is 4.95. The Morgan fingerprint density at radius 1 is 0.955 bits per heavy atom. The van der Waals surface area contributed by atoms with E-state index in [1.165, 1.54) is 0 Å². The van der Waals surface area contributed by atoms with Gasteiger partial charge in [0.2, 0.25) is 5.91 Å². The molecule has 114 valence electrons. The summed E-state index contributed by atoms with van der Waals surface area (Å²) in [6.07, 6.45) is 1.25. The van der Waals surface area contributed by atoms with Crippen molar-refractivity contribution in [2.45, 2.75) is 26.7 Å². The quantitative estimate of drug-likeness (QED) is 0.880. The molecule has 0 aromatic heterocycles. The van der Waals surface area contributed by atoms with Crippen molar-refractivity contribution in [3.8, 4) is 0 Å². The first-order chi connectivity index (χ1) is 10.6. The monoisotopic (exact) mass is 296 g/mol. The maximum atomic E-state index is 12.4. The SMILES string of the molecule is CCC(=O)Nc1cccc(C(=O)Nc2ccccc2CC)c1. The third-order valence-corrected chi connectivity index (χ3v) is 3.38. The lowest BCUT2D eigenvalue weighted by Crippen LogP contribution is -2.14. The van der Waals surface area contributed by atoms with E-state index < -0.39 is 0 Å². The van der Waals surface area contributed by atoms with E-state index in [9.17, 15) is 9.59 Å². The van der Waals surface area contributed by atoms with E-state index in [0.717, 1.165) is 17.7 Å². The van der Waals surface area contributed by atoms with Gasteiger partial charge in [-0.15, -0.1) is 0 Å². The minimum atomic E-state index is -0.187. The maximum absolute atomic E-state index is 12.4. The number of amides is 2. The fourth-order valence-corrected chi connectivity index (χ4v) is 2.13. The van der Waals surface area contributed by atoms with Gasteiger partial charge in [0.15, 0.2) is 0 Å². The second-order valence-corrected chi connectivity index (χ2v) is 4.95. The van der Waals surface area contributed by atoms with Crippen LogP contribution in [-0.4, -0.2) is 11.8 Å². The predicted octanol–water partition coefficient (Wildman–Crippen LogP) is 3.85. The lowest BCUT2D eigenvalue weighted by molar-refractivity contribution is -0.115. The molecule has 0 bridgehead atoms. The molecule has 0 saturated heterocycles. The van der Waals surface area contributed by atoms with Crippen LogP contribution in [0.3, 0.4) is 0 Å². The average Bonchev–Trinajstić information content (AvgIpc) is 2.55. The van der Waals surface area contributed by atoms with Gasteiger partial charge in [0, 0.05) is 23.4 Å².